The van der Waals surface area contributed by atoms with E-state index in [1.807, 2.05) is 13.8 Å². The summed E-state index contributed by atoms with van der Waals surface area (Å²) in [5, 5.41) is 10.3. The molecule has 0 radical (unpaired) electrons. The average molecular weight is 260 g/mol. The molecular formula is C12H20O6. The van der Waals surface area contributed by atoms with Crippen LogP contribution in [-0.4, -0.2) is 54.0 Å². The highest BCUT2D eigenvalue weighted by molar-refractivity contribution is 4.97. The van der Waals surface area contributed by atoms with Crippen LogP contribution in [0.1, 0.15) is 27.7 Å². The van der Waals surface area contributed by atoms with Crippen molar-refractivity contribution in [3.05, 3.63) is 0 Å². The molecule has 3 saturated heterocycles. The maximum Gasteiger partial charge on any atom is 0.190 e. The maximum atomic E-state index is 10.3. The topological polar surface area (TPSA) is 66.4 Å². The van der Waals surface area contributed by atoms with Crippen molar-refractivity contribution in [2.45, 2.75) is 70.0 Å². The highest BCUT2D eigenvalue weighted by Gasteiger charge is 2.57. The zero-order chi connectivity index (χ0) is 13.1. The molecule has 5 atom stereocenters. The van der Waals surface area contributed by atoms with Crippen LogP contribution >= 0.6 is 0 Å². The van der Waals surface area contributed by atoms with Crippen LogP contribution in [0.5, 0.6) is 0 Å². The third-order valence-electron chi connectivity index (χ3n) is 3.45. The number of aliphatic hydroxyl groups excluding tert-OH is 1. The lowest BCUT2D eigenvalue weighted by atomic mass is 10.1. The number of aliphatic hydroxyl groups is 1. The van der Waals surface area contributed by atoms with E-state index in [1.54, 1.807) is 13.8 Å². The zero-order valence-corrected chi connectivity index (χ0v) is 11.1. The van der Waals surface area contributed by atoms with E-state index in [9.17, 15) is 5.11 Å². The molecule has 0 amide bonds. The van der Waals surface area contributed by atoms with Gasteiger partial charge in [-0.3, -0.25) is 0 Å². The smallest absolute Gasteiger partial charge is 0.190 e. The molecule has 104 valence electrons. The second kappa shape index (κ2) is 3.88. The molecule has 0 bridgehead atoms. The predicted molar refractivity (Wildman–Crippen MR) is 59.6 cm³/mol. The SMILES string of the molecule is CC1(C)O[C@H]2OC([C@H]3COC(C)(C)O3)C(O)[C@H]2O1. The molecule has 3 rings (SSSR count). The van der Waals surface area contributed by atoms with Crippen molar-refractivity contribution in [1.29, 1.82) is 0 Å². The van der Waals surface area contributed by atoms with E-state index in [4.69, 9.17) is 23.7 Å². The van der Waals surface area contributed by atoms with Gasteiger partial charge in [0.05, 0.1) is 6.61 Å². The van der Waals surface area contributed by atoms with Gasteiger partial charge in [-0.2, -0.15) is 0 Å². The van der Waals surface area contributed by atoms with Gasteiger partial charge in [-0.05, 0) is 27.7 Å². The minimum atomic E-state index is -0.765. The summed E-state index contributed by atoms with van der Waals surface area (Å²) in [6, 6.07) is 0. The summed E-state index contributed by atoms with van der Waals surface area (Å²) in [4.78, 5) is 0. The molecule has 3 heterocycles. The fourth-order valence-electron chi connectivity index (χ4n) is 2.70. The molecule has 0 spiro atoms. The minimum Gasteiger partial charge on any atom is -0.387 e. The Morgan fingerprint density at radius 2 is 1.67 bits per heavy atom. The summed E-state index contributed by atoms with van der Waals surface area (Å²) in [6.07, 6.45) is -2.53. The molecule has 3 fully saturated rings. The van der Waals surface area contributed by atoms with E-state index in [0.717, 1.165) is 0 Å². The van der Waals surface area contributed by atoms with Crippen molar-refractivity contribution in [2.75, 3.05) is 6.61 Å². The second-order valence-electron chi connectivity index (χ2n) is 5.93. The zero-order valence-electron chi connectivity index (χ0n) is 11.1. The molecule has 6 nitrogen and oxygen atoms in total. The quantitative estimate of drug-likeness (QED) is 0.735. The predicted octanol–water partition coefficient (Wildman–Crippen LogP) is 0.375. The molecule has 2 unspecified atom stereocenters. The standard InChI is InChI=1S/C12H20O6/c1-11(2)14-5-6(16-11)8-7(13)9-10(15-8)18-12(3,4)17-9/h6-10,13H,5H2,1-4H3/t6-,7?,8?,9-,10-/m1/s1. The van der Waals surface area contributed by atoms with Crippen LogP contribution in [0.25, 0.3) is 0 Å². The van der Waals surface area contributed by atoms with E-state index in [0.29, 0.717) is 6.61 Å². The van der Waals surface area contributed by atoms with Gasteiger partial charge >= 0.3 is 0 Å². The van der Waals surface area contributed by atoms with E-state index >= 15 is 0 Å². The van der Waals surface area contributed by atoms with Crippen LogP contribution in [0, 0.1) is 0 Å². The number of hydrogen-bond donors (Lipinski definition) is 1. The first-order valence-corrected chi connectivity index (χ1v) is 6.28. The Balaban J connectivity index is 1.68. The number of hydrogen-bond acceptors (Lipinski definition) is 6. The molecule has 0 aromatic rings. The lowest BCUT2D eigenvalue weighted by Gasteiger charge is -2.26. The van der Waals surface area contributed by atoms with Crippen LogP contribution in [0.2, 0.25) is 0 Å². The number of ether oxygens (including phenoxy) is 5. The fourth-order valence-corrected chi connectivity index (χ4v) is 2.70. The largest absolute Gasteiger partial charge is 0.387 e. The molecule has 0 saturated carbocycles. The fraction of sp³-hybridized carbons (Fsp3) is 1.00. The third kappa shape index (κ3) is 2.07. The molecule has 6 heteroatoms. The Bertz CT molecular complexity index is 341. The molecule has 1 N–H and O–H groups in total. The van der Waals surface area contributed by atoms with Crippen LogP contribution in [0.15, 0.2) is 0 Å². The van der Waals surface area contributed by atoms with Crippen molar-refractivity contribution in [3.8, 4) is 0 Å². The van der Waals surface area contributed by atoms with Gasteiger partial charge in [0.1, 0.15) is 24.4 Å². The third-order valence-corrected chi connectivity index (χ3v) is 3.45. The van der Waals surface area contributed by atoms with Crippen molar-refractivity contribution >= 4 is 0 Å². The lowest BCUT2D eigenvalue weighted by Crippen LogP contribution is -2.42. The Morgan fingerprint density at radius 3 is 2.22 bits per heavy atom. The summed E-state index contributed by atoms with van der Waals surface area (Å²) in [6.45, 7) is 7.68. The summed E-state index contributed by atoms with van der Waals surface area (Å²) < 4.78 is 28.1. The monoisotopic (exact) mass is 260 g/mol. The first kappa shape index (κ1) is 12.8. The molecule has 3 aliphatic heterocycles. The van der Waals surface area contributed by atoms with Gasteiger partial charge in [0.15, 0.2) is 17.9 Å². The van der Waals surface area contributed by atoms with Crippen LogP contribution in [0.4, 0.5) is 0 Å². The number of fused-ring (bicyclic) bond motifs is 1. The Labute approximate surface area is 106 Å². The normalized spacial score (nSPS) is 49.5. The first-order valence-electron chi connectivity index (χ1n) is 6.28. The van der Waals surface area contributed by atoms with E-state index in [1.165, 1.54) is 0 Å². The molecular weight excluding hydrogens is 240 g/mol. The van der Waals surface area contributed by atoms with Gasteiger partial charge in [-0.25, -0.2) is 0 Å². The first-order chi connectivity index (χ1) is 8.27. The van der Waals surface area contributed by atoms with Gasteiger partial charge in [0, 0.05) is 0 Å². The minimum absolute atomic E-state index is 0.295. The van der Waals surface area contributed by atoms with Gasteiger partial charge in [-0.15, -0.1) is 0 Å². The van der Waals surface area contributed by atoms with Crippen LogP contribution in [-0.2, 0) is 23.7 Å². The Kier molecular flexibility index (Phi) is 2.75. The Morgan fingerprint density at radius 1 is 0.944 bits per heavy atom. The van der Waals surface area contributed by atoms with Crippen molar-refractivity contribution in [1.82, 2.24) is 0 Å². The molecule has 3 aliphatic rings. The average Bonchev–Trinajstić information content (AvgIpc) is 2.81. The maximum absolute atomic E-state index is 10.3. The molecule has 0 aromatic heterocycles. The van der Waals surface area contributed by atoms with Crippen LogP contribution < -0.4 is 0 Å². The summed E-state index contributed by atoms with van der Waals surface area (Å²) in [5.41, 5.74) is 0. The van der Waals surface area contributed by atoms with Crippen molar-refractivity contribution in [3.63, 3.8) is 0 Å². The van der Waals surface area contributed by atoms with Crippen molar-refractivity contribution < 1.29 is 28.8 Å². The summed E-state index contributed by atoms with van der Waals surface area (Å²) in [7, 11) is 0. The van der Waals surface area contributed by atoms with Gasteiger partial charge in [0.2, 0.25) is 0 Å². The van der Waals surface area contributed by atoms with Crippen molar-refractivity contribution in [2.24, 2.45) is 0 Å². The van der Waals surface area contributed by atoms with Crippen LogP contribution in [0.3, 0.4) is 0 Å². The van der Waals surface area contributed by atoms with E-state index in [-0.39, 0.29) is 6.10 Å². The van der Waals surface area contributed by atoms with E-state index in [2.05, 4.69) is 0 Å². The highest BCUT2D eigenvalue weighted by atomic mass is 16.8. The van der Waals surface area contributed by atoms with Gasteiger partial charge in [-0.1, -0.05) is 0 Å². The Hall–Kier alpha value is -0.240. The van der Waals surface area contributed by atoms with Gasteiger partial charge in [0.25, 0.3) is 0 Å². The molecule has 18 heavy (non-hydrogen) atoms. The van der Waals surface area contributed by atoms with E-state index < -0.39 is 36.2 Å². The highest BCUT2D eigenvalue weighted by Crippen LogP contribution is 2.40. The molecule has 0 aromatic carbocycles. The summed E-state index contributed by atoms with van der Waals surface area (Å²) >= 11 is 0. The second-order valence-corrected chi connectivity index (χ2v) is 5.93. The summed E-state index contributed by atoms with van der Waals surface area (Å²) in [5.74, 6) is -1.35. The van der Waals surface area contributed by atoms with Gasteiger partial charge < -0.3 is 28.8 Å². The number of rotatable bonds is 1. The molecule has 0 aliphatic carbocycles. The lowest BCUT2D eigenvalue weighted by molar-refractivity contribution is -0.232.